The number of amides is 1. The van der Waals surface area contributed by atoms with E-state index in [9.17, 15) is 9.59 Å². The summed E-state index contributed by atoms with van der Waals surface area (Å²) in [6.07, 6.45) is 1.26. The number of benzene rings is 1. The third kappa shape index (κ3) is 3.22. The average molecular weight is 327 g/mol. The summed E-state index contributed by atoms with van der Waals surface area (Å²) in [7, 11) is 0. The van der Waals surface area contributed by atoms with E-state index >= 15 is 0 Å². The zero-order chi connectivity index (χ0) is 17.1. The second kappa shape index (κ2) is 6.95. The topological polar surface area (TPSA) is 72.4 Å². The molecular formula is C18H21N3O3. The number of para-hydroxylation sites is 1. The number of esters is 1. The van der Waals surface area contributed by atoms with Crippen molar-refractivity contribution in [3.8, 4) is 0 Å². The average Bonchev–Trinajstić information content (AvgIpc) is 2.60. The van der Waals surface area contributed by atoms with Crippen LogP contribution in [0.5, 0.6) is 0 Å². The van der Waals surface area contributed by atoms with Crippen molar-refractivity contribution in [1.29, 1.82) is 0 Å². The molecule has 1 saturated heterocycles. The smallest absolute Gasteiger partial charge is 0.309 e. The van der Waals surface area contributed by atoms with Crippen LogP contribution in [-0.2, 0) is 9.53 Å². The van der Waals surface area contributed by atoms with E-state index in [1.165, 1.54) is 0 Å². The Balaban J connectivity index is 1.78. The molecule has 0 atom stereocenters. The number of rotatable bonds is 3. The number of hydrogen-bond donors (Lipinski definition) is 0. The van der Waals surface area contributed by atoms with Crippen molar-refractivity contribution in [2.75, 3.05) is 19.7 Å². The van der Waals surface area contributed by atoms with Crippen LogP contribution in [0.3, 0.4) is 0 Å². The molecule has 6 nitrogen and oxygen atoms in total. The van der Waals surface area contributed by atoms with Crippen LogP contribution in [0.1, 0.15) is 36.1 Å². The number of likely N-dealkylation sites (tertiary alicyclic amines) is 1. The summed E-state index contributed by atoms with van der Waals surface area (Å²) in [5.41, 5.74) is 1.21. The second-order valence-electron chi connectivity index (χ2n) is 5.96. The Morgan fingerprint density at radius 2 is 1.92 bits per heavy atom. The normalized spacial score (nSPS) is 15.5. The maximum atomic E-state index is 12.9. The Bertz CT molecular complexity index is 767. The highest BCUT2D eigenvalue weighted by molar-refractivity contribution is 6.04. The zero-order valence-electron chi connectivity index (χ0n) is 14.0. The molecular weight excluding hydrogens is 306 g/mol. The Hall–Kier alpha value is -2.50. The van der Waals surface area contributed by atoms with Crippen LogP contribution in [0.25, 0.3) is 10.9 Å². The van der Waals surface area contributed by atoms with Crippen molar-refractivity contribution < 1.29 is 14.3 Å². The van der Waals surface area contributed by atoms with Gasteiger partial charge in [-0.3, -0.25) is 9.59 Å². The van der Waals surface area contributed by atoms with Gasteiger partial charge in [0.2, 0.25) is 0 Å². The van der Waals surface area contributed by atoms with Crippen LogP contribution in [0.15, 0.2) is 24.3 Å². The fourth-order valence-corrected chi connectivity index (χ4v) is 3.08. The van der Waals surface area contributed by atoms with Gasteiger partial charge in [0.25, 0.3) is 5.91 Å². The first-order chi connectivity index (χ1) is 11.6. The highest BCUT2D eigenvalue weighted by atomic mass is 16.5. The van der Waals surface area contributed by atoms with Gasteiger partial charge in [0.1, 0.15) is 11.5 Å². The number of aromatic nitrogens is 2. The third-order valence-electron chi connectivity index (χ3n) is 4.32. The van der Waals surface area contributed by atoms with Crippen LogP contribution in [0, 0.1) is 12.8 Å². The van der Waals surface area contributed by atoms with Gasteiger partial charge >= 0.3 is 5.97 Å². The fourth-order valence-electron chi connectivity index (χ4n) is 3.08. The summed E-state index contributed by atoms with van der Waals surface area (Å²) in [5, 5.41) is 0.764. The van der Waals surface area contributed by atoms with Crippen molar-refractivity contribution in [2.45, 2.75) is 26.7 Å². The molecule has 0 N–H and O–H groups in total. The van der Waals surface area contributed by atoms with E-state index in [2.05, 4.69) is 9.97 Å². The number of aryl methyl sites for hydroxylation is 1. The van der Waals surface area contributed by atoms with Crippen molar-refractivity contribution in [1.82, 2.24) is 14.9 Å². The van der Waals surface area contributed by atoms with Gasteiger partial charge in [-0.1, -0.05) is 18.2 Å². The summed E-state index contributed by atoms with van der Waals surface area (Å²) in [6, 6.07) is 7.53. The summed E-state index contributed by atoms with van der Waals surface area (Å²) in [6.45, 7) is 5.07. The molecule has 6 heteroatoms. The predicted molar refractivity (Wildman–Crippen MR) is 89.5 cm³/mol. The van der Waals surface area contributed by atoms with Crippen molar-refractivity contribution in [3.05, 3.63) is 35.8 Å². The lowest BCUT2D eigenvalue weighted by Crippen LogP contribution is -2.41. The van der Waals surface area contributed by atoms with Gasteiger partial charge in [-0.25, -0.2) is 9.97 Å². The molecule has 0 aliphatic carbocycles. The van der Waals surface area contributed by atoms with E-state index in [1.54, 1.807) is 18.7 Å². The van der Waals surface area contributed by atoms with Crippen LogP contribution >= 0.6 is 0 Å². The molecule has 24 heavy (non-hydrogen) atoms. The van der Waals surface area contributed by atoms with Gasteiger partial charge < -0.3 is 9.64 Å². The van der Waals surface area contributed by atoms with E-state index < -0.39 is 0 Å². The van der Waals surface area contributed by atoms with E-state index in [4.69, 9.17) is 4.74 Å². The van der Waals surface area contributed by atoms with Gasteiger partial charge in [-0.2, -0.15) is 0 Å². The fraction of sp³-hybridized carbons (Fsp3) is 0.444. The summed E-state index contributed by atoms with van der Waals surface area (Å²) >= 11 is 0. The Morgan fingerprint density at radius 1 is 1.21 bits per heavy atom. The SMILES string of the molecule is CCOC(=O)C1CCN(C(=O)c2nc(C)nc3ccccc23)CC1. The summed E-state index contributed by atoms with van der Waals surface area (Å²) < 4.78 is 5.07. The Labute approximate surface area is 140 Å². The monoisotopic (exact) mass is 327 g/mol. The molecule has 0 bridgehead atoms. The minimum absolute atomic E-state index is 0.0981. The lowest BCUT2D eigenvalue weighted by Gasteiger charge is -2.30. The minimum atomic E-state index is -0.159. The first kappa shape index (κ1) is 16.4. The van der Waals surface area contributed by atoms with Crippen LogP contribution in [0.4, 0.5) is 0 Å². The molecule has 1 aliphatic rings. The molecule has 1 aromatic heterocycles. The number of fused-ring (bicyclic) bond motifs is 1. The van der Waals surface area contributed by atoms with E-state index in [-0.39, 0.29) is 17.8 Å². The second-order valence-corrected chi connectivity index (χ2v) is 5.96. The molecule has 1 fully saturated rings. The number of carbonyl (C=O) groups excluding carboxylic acids is 2. The first-order valence-corrected chi connectivity index (χ1v) is 8.29. The van der Waals surface area contributed by atoms with Crippen LogP contribution in [-0.4, -0.2) is 46.4 Å². The molecule has 0 unspecified atom stereocenters. The molecule has 3 rings (SSSR count). The van der Waals surface area contributed by atoms with Crippen LogP contribution in [0.2, 0.25) is 0 Å². The van der Waals surface area contributed by atoms with Crippen LogP contribution < -0.4 is 0 Å². The number of carbonyl (C=O) groups is 2. The molecule has 2 heterocycles. The maximum Gasteiger partial charge on any atom is 0.309 e. The van der Waals surface area contributed by atoms with E-state index in [1.807, 2.05) is 24.3 Å². The van der Waals surface area contributed by atoms with Crippen molar-refractivity contribution in [2.24, 2.45) is 5.92 Å². The minimum Gasteiger partial charge on any atom is -0.466 e. The van der Waals surface area contributed by atoms with Gasteiger partial charge in [0.15, 0.2) is 0 Å². The van der Waals surface area contributed by atoms with Gasteiger partial charge in [0, 0.05) is 18.5 Å². The molecule has 1 amide bonds. The van der Waals surface area contributed by atoms with Crippen molar-refractivity contribution in [3.63, 3.8) is 0 Å². The predicted octanol–water partition coefficient (Wildman–Crippen LogP) is 2.35. The molecule has 2 aromatic rings. The zero-order valence-corrected chi connectivity index (χ0v) is 14.0. The van der Waals surface area contributed by atoms with Gasteiger partial charge in [-0.15, -0.1) is 0 Å². The Kier molecular flexibility index (Phi) is 4.74. The lowest BCUT2D eigenvalue weighted by atomic mass is 9.96. The quantitative estimate of drug-likeness (QED) is 0.809. The molecule has 0 saturated carbocycles. The highest BCUT2D eigenvalue weighted by Gasteiger charge is 2.29. The number of nitrogens with zero attached hydrogens (tertiary/aromatic N) is 3. The van der Waals surface area contributed by atoms with E-state index in [0.29, 0.717) is 44.1 Å². The molecule has 0 radical (unpaired) electrons. The Morgan fingerprint density at radius 3 is 2.62 bits per heavy atom. The van der Waals surface area contributed by atoms with Gasteiger partial charge in [0.05, 0.1) is 18.0 Å². The van der Waals surface area contributed by atoms with E-state index in [0.717, 1.165) is 10.9 Å². The summed E-state index contributed by atoms with van der Waals surface area (Å²) in [5.74, 6) is 0.211. The number of hydrogen-bond acceptors (Lipinski definition) is 5. The number of ether oxygens (including phenoxy) is 1. The maximum absolute atomic E-state index is 12.9. The molecule has 1 aromatic carbocycles. The molecule has 1 aliphatic heterocycles. The largest absolute Gasteiger partial charge is 0.466 e. The van der Waals surface area contributed by atoms with Gasteiger partial charge in [-0.05, 0) is 32.8 Å². The number of piperidine rings is 1. The standard InChI is InChI=1S/C18H21N3O3/c1-3-24-18(23)13-8-10-21(11-9-13)17(22)16-14-6-4-5-7-15(14)19-12(2)20-16/h4-7,13H,3,8-11H2,1-2H3. The lowest BCUT2D eigenvalue weighted by molar-refractivity contribution is -0.149. The third-order valence-corrected chi connectivity index (χ3v) is 4.32. The summed E-state index contributed by atoms with van der Waals surface area (Å²) in [4.78, 5) is 35.2. The molecule has 0 spiro atoms. The first-order valence-electron chi connectivity index (χ1n) is 8.29. The molecule has 126 valence electrons. The van der Waals surface area contributed by atoms with Crippen molar-refractivity contribution >= 4 is 22.8 Å². The highest BCUT2D eigenvalue weighted by Crippen LogP contribution is 2.22.